The van der Waals surface area contributed by atoms with Crippen molar-refractivity contribution in [3.05, 3.63) is 70.6 Å². The highest BCUT2D eigenvalue weighted by molar-refractivity contribution is 7.92. The van der Waals surface area contributed by atoms with E-state index in [0.29, 0.717) is 16.6 Å². The predicted octanol–water partition coefficient (Wildman–Crippen LogP) is 2.94. The second kappa shape index (κ2) is 7.89. The van der Waals surface area contributed by atoms with Crippen LogP contribution in [0.2, 0.25) is 0 Å². The van der Waals surface area contributed by atoms with E-state index in [0.717, 1.165) is 4.47 Å². The number of anilines is 1. The standard InChI is InChI=1S/C21H19N3O6S/c1-3-30-21(26)16-12-22-19-18(16)15-11-14(9-10-17(15)23-20(19)25)31(27,28)24(29-2)13-7-5-4-6-8-13/h4-12,22H,3H2,1-2H3,(H,23,25). The maximum Gasteiger partial charge on any atom is 0.340 e. The first-order valence-corrected chi connectivity index (χ1v) is 10.8. The molecule has 0 fully saturated rings. The number of pyridine rings is 1. The molecule has 160 valence electrons. The summed E-state index contributed by atoms with van der Waals surface area (Å²) in [6, 6.07) is 12.6. The number of carbonyl (C=O) groups excluding carboxylic acids is 1. The van der Waals surface area contributed by atoms with Crippen LogP contribution in [0.5, 0.6) is 0 Å². The molecule has 4 aromatic rings. The molecule has 0 amide bonds. The zero-order valence-corrected chi connectivity index (χ0v) is 17.5. The van der Waals surface area contributed by atoms with E-state index in [9.17, 15) is 18.0 Å². The van der Waals surface area contributed by atoms with Gasteiger partial charge < -0.3 is 14.7 Å². The summed E-state index contributed by atoms with van der Waals surface area (Å²) in [5.74, 6) is -0.614. The van der Waals surface area contributed by atoms with Gasteiger partial charge in [0.15, 0.2) is 0 Å². The third kappa shape index (κ3) is 3.45. The first kappa shape index (κ1) is 20.6. The van der Waals surface area contributed by atoms with Crippen LogP contribution >= 0.6 is 0 Å². The number of ether oxygens (including phenoxy) is 1. The number of para-hydroxylation sites is 1. The van der Waals surface area contributed by atoms with E-state index in [4.69, 9.17) is 9.57 Å². The molecule has 2 heterocycles. The molecule has 0 spiro atoms. The van der Waals surface area contributed by atoms with Gasteiger partial charge in [-0.2, -0.15) is 8.42 Å². The quantitative estimate of drug-likeness (QED) is 0.350. The van der Waals surface area contributed by atoms with Crippen LogP contribution in [0.1, 0.15) is 17.3 Å². The molecular weight excluding hydrogens is 422 g/mol. The van der Waals surface area contributed by atoms with E-state index >= 15 is 0 Å². The number of carbonyl (C=O) groups is 1. The summed E-state index contributed by atoms with van der Waals surface area (Å²) in [5, 5.41) is 0.669. The molecule has 0 radical (unpaired) electrons. The molecule has 0 aliphatic rings. The largest absolute Gasteiger partial charge is 0.462 e. The number of nitrogens with one attached hydrogen (secondary N) is 2. The van der Waals surface area contributed by atoms with E-state index in [1.807, 2.05) is 0 Å². The van der Waals surface area contributed by atoms with Crippen LogP contribution in [0, 0.1) is 0 Å². The molecule has 2 aromatic heterocycles. The second-order valence-electron chi connectivity index (χ2n) is 6.58. The Kier molecular flexibility index (Phi) is 5.25. The number of aromatic nitrogens is 2. The summed E-state index contributed by atoms with van der Waals surface area (Å²) < 4.78 is 32.5. The molecular formula is C21H19N3O6S. The topological polar surface area (TPSA) is 122 Å². The summed E-state index contributed by atoms with van der Waals surface area (Å²) in [4.78, 5) is 35.4. The average molecular weight is 441 g/mol. The number of nitrogens with zero attached hydrogens (tertiary/aromatic N) is 1. The van der Waals surface area contributed by atoms with Crippen LogP contribution in [-0.2, 0) is 19.6 Å². The van der Waals surface area contributed by atoms with Gasteiger partial charge in [-0.1, -0.05) is 18.2 Å². The molecule has 0 saturated carbocycles. The molecule has 9 nitrogen and oxygen atoms in total. The van der Waals surface area contributed by atoms with Crippen molar-refractivity contribution in [1.82, 2.24) is 9.97 Å². The van der Waals surface area contributed by atoms with Crippen LogP contribution in [0.3, 0.4) is 0 Å². The Morgan fingerprint density at radius 3 is 2.55 bits per heavy atom. The Morgan fingerprint density at radius 1 is 1.13 bits per heavy atom. The van der Waals surface area contributed by atoms with E-state index in [1.165, 1.54) is 31.5 Å². The SMILES string of the molecule is CCOC(=O)c1c[nH]c2c(=O)[nH]c3ccc(S(=O)(=O)N(OC)c4ccccc4)cc3c12. The normalized spacial score (nSPS) is 11.7. The minimum absolute atomic E-state index is 0.0740. The average Bonchev–Trinajstić information content (AvgIpc) is 3.21. The number of benzene rings is 2. The minimum atomic E-state index is -4.11. The minimum Gasteiger partial charge on any atom is -0.462 e. The van der Waals surface area contributed by atoms with Gasteiger partial charge in [0.05, 0.1) is 29.9 Å². The van der Waals surface area contributed by atoms with Crippen LogP contribution in [0.15, 0.2) is 64.4 Å². The number of aromatic amines is 2. The molecule has 0 aliphatic heterocycles. The van der Waals surface area contributed by atoms with Crippen LogP contribution < -0.4 is 10.0 Å². The number of sulfonamides is 1. The summed E-state index contributed by atoms with van der Waals surface area (Å²) in [7, 11) is -2.85. The molecule has 0 aliphatic carbocycles. The fourth-order valence-corrected chi connectivity index (χ4v) is 4.72. The van der Waals surface area contributed by atoms with Crippen molar-refractivity contribution in [2.45, 2.75) is 11.8 Å². The summed E-state index contributed by atoms with van der Waals surface area (Å²) in [6.45, 7) is 1.83. The first-order chi connectivity index (χ1) is 14.9. The van der Waals surface area contributed by atoms with Gasteiger partial charge in [-0.3, -0.25) is 9.63 Å². The number of H-pyrrole nitrogens is 2. The zero-order chi connectivity index (χ0) is 22.2. The third-order valence-electron chi connectivity index (χ3n) is 4.76. The van der Waals surface area contributed by atoms with Crippen molar-refractivity contribution >= 4 is 43.5 Å². The number of rotatable bonds is 6. The summed E-state index contributed by atoms with van der Waals surface area (Å²) in [6.07, 6.45) is 1.38. The monoisotopic (exact) mass is 441 g/mol. The molecule has 0 atom stereocenters. The fraction of sp³-hybridized carbons (Fsp3) is 0.143. The van der Waals surface area contributed by atoms with E-state index < -0.39 is 21.6 Å². The number of fused-ring (bicyclic) bond motifs is 3. The molecule has 31 heavy (non-hydrogen) atoms. The van der Waals surface area contributed by atoms with Gasteiger partial charge >= 0.3 is 5.97 Å². The van der Waals surface area contributed by atoms with Gasteiger partial charge in [-0.25, -0.2) is 4.79 Å². The van der Waals surface area contributed by atoms with E-state index in [1.54, 1.807) is 37.3 Å². The first-order valence-electron chi connectivity index (χ1n) is 9.37. The smallest absolute Gasteiger partial charge is 0.340 e. The Bertz CT molecular complexity index is 1440. The highest BCUT2D eigenvalue weighted by Crippen LogP contribution is 2.30. The molecule has 10 heteroatoms. The summed E-state index contributed by atoms with van der Waals surface area (Å²) >= 11 is 0. The Morgan fingerprint density at radius 2 is 1.87 bits per heavy atom. The van der Waals surface area contributed by atoms with E-state index in [2.05, 4.69) is 9.97 Å². The second-order valence-corrected chi connectivity index (χ2v) is 8.34. The van der Waals surface area contributed by atoms with Gasteiger partial charge in [0.25, 0.3) is 15.6 Å². The lowest BCUT2D eigenvalue weighted by atomic mass is 10.1. The van der Waals surface area contributed by atoms with Crippen LogP contribution in [-0.4, -0.2) is 38.1 Å². The summed E-state index contributed by atoms with van der Waals surface area (Å²) in [5.41, 5.74) is 0.568. The Hall–Kier alpha value is -3.63. The molecule has 2 aromatic carbocycles. The van der Waals surface area contributed by atoms with Crippen molar-refractivity contribution in [1.29, 1.82) is 0 Å². The molecule has 2 N–H and O–H groups in total. The van der Waals surface area contributed by atoms with Crippen molar-refractivity contribution in [3.63, 3.8) is 0 Å². The molecule has 4 rings (SSSR count). The van der Waals surface area contributed by atoms with Crippen molar-refractivity contribution < 1.29 is 22.8 Å². The Labute approximate surface area is 177 Å². The van der Waals surface area contributed by atoms with Gasteiger partial charge in [0.1, 0.15) is 5.52 Å². The lowest BCUT2D eigenvalue weighted by Crippen LogP contribution is -2.29. The van der Waals surface area contributed by atoms with Crippen LogP contribution in [0.25, 0.3) is 21.8 Å². The van der Waals surface area contributed by atoms with Crippen LogP contribution in [0.4, 0.5) is 5.69 Å². The highest BCUT2D eigenvalue weighted by Gasteiger charge is 2.27. The predicted molar refractivity (Wildman–Crippen MR) is 115 cm³/mol. The molecule has 0 bridgehead atoms. The van der Waals surface area contributed by atoms with Crippen molar-refractivity contribution in [2.24, 2.45) is 0 Å². The van der Waals surface area contributed by atoms with Gasteiger partial charge in [-0.15, -0.1) is 4.47 Å². The fourth-order valence-electron chi connectivity index (χ4n) is 3.42. The maximum atomic E-state index is 13.3. The van der Waals surface area contributed by atoms with Gasteiger partial charge in [0, 0.05) is 22.5 Å². The van der Waals surface area contributed by atoms with Gasteiger partial charge in [-0.05, 0) is 37.3 Å². The van der Waals surface area contributed by atoms with Crippen molar-refractivity contribution in [3.8, 4) is 0 Å². The maximum absolute atomic E-state index is 13.3. The number of esters is 1. The van der Waals surface area contributed by atoms with E-state index in [-0.39, 0.29) is 28.0 Å². The molecule has 0 unspecified atom stereocenters. The molecule has 0 saturated heterocycles. The zero-order valence-electron chi connectivity index (χ0n) is 16.7. The third-order valence-corrected chi connectivity index (χ3v) is 6.41. The lowest BCUT2D eigenvalue weighted by molar-refractivity contribution is 0.0529. The highest BCUT2D eigenvalue weighted by atomic mass is 32.2. The Balaban J connectivity index is 1.96. The number of hydrogen-bond acceptors (Lipinski definition) is 6. The number of hydrogen-bond donors (Lipinski definition) is 2. The van der Waals surface area contributed by atoms with Crippen molar-refractivity contribution in [2.75, 3.05) is 18.2 Å². The lowest BCUT2D eigenvalue weighted by Gasteiger charge is -2.21. The van der Waals surface area contributed by atoms with Gasteiger partial charge in [0.2, 0.25) is 0 Å².